The van der Waals surface area contributed by atoms with Crippen LogP contribution in [0.1, 0.15) is 48.1 Å². The Labute approximate surface area is 195 Å². The van der Waals surface area contributed by atoms with Crippen LogP contribution in [-0.4, -0.2) is 20.3 Å². The Balaban J connectivity index is 1.73. The van der Waals surface area contributed by atoms with Crippen molar-refractivity contribution in [3.05, 3.63) is 89.0 Å². The Kier molecular flexibility index (Phi) is 6.05. The number of benzene rings is 3. The highest BCUT2D eigenvalue weighted by atomic mass is 31.2. The molecule has 0 radical (unpaired) electrons. The van der Waals surface area contributed by atoms with Crippen LogP contribution >= 0.6 is 7.60 Å². The van der Waals surface area contributed by atoms with Gasteiger partial charge in [0.2, 0.25) is 0 Å². The first kappa shape index (κ1) is 22.2. The largest absolute Gasteiger partial charge is 0.496 e. The SMILES string of the molecule is CCOP(=O)(OCC)c1cccc2c1N[C@H](c1ccccc1OC)[C@@H]1Cc3ccccc3[C@H]21. The molecule has 1 aliphatic heterocycles. The lowest BCUT2D eigenvalue weighted by Gasteiger charge is -2.39. The Morgan fingerprint density at radius 1 is 0.879 bits per heavy atom. The molecule has 0 saturated heterocycles. The van der Waals surface area contributed by atoms with Crippen molar-refractivity contribution in [2.75, 3.05) is 25.6 Å². The predicted octanol–water partition coefficient (Wildman–Crippen LogP) is 6.06. The minimum atomic E-state index is -3.48. The maximum atomic E-state index is 13.9. The van der Waals surface area contributed by atoms with E-state index in [0.717, 1.165) is 29.0 Å². The van der Waals surface area contributed by atoms with Gasteiger partial charge in [-0.25, -0.2) is 0 Å². The first-order chi connectivity index (χ1) is 16.1. The summed E-state index contributed by atoms with van der Waals surface area (Å²) in [6, 6.07) is 22.8. The molecular weight excluding hydrogens is 433 g/mol. The molecule has 1 N–H and O–H groups in total. The van der Waals surface area contributed by atoms with Gasteiger partial charge >= 0.3 is 7.60 Å². The molecular formula is C27H30NO4P. The van der Waals surface area contributed by atoms with Gasteiger partial charge in [-0.05, 0) is 55.0 Å². The third-order valence-corrected chi connectivity index (χ3v) is 8.94. The van der Waals surface area contributed by atoms with Gasteiger partial charge in [0.1, 0.15) is 5.75 Å². The van der Waals surface area contributed by atoms with Crippen molar-refractivity contribution in [2.45, 2.75) is 32.2 Å². The Hall–Kier alpha value is -2.59. The van der Waals surface area contributed by atoms with E-state index in [1.165, 1.54) is 11.1 Å². The number of para-hydroxylation sites is 2. The fraction of sp³-hybridized carbons (Fsp3) is 0.333. The van der Waals surface area contributed by atoms with Crippen molar-refractivity contribution in [2.24, 2.45) is 5.92 Å². The van der Waals surface area contributed by atoms with Crippen molar-refractivity contribution >= 4 is 18.6 Å². The van der Waals surface area contributed by atoms with Crippen molar-refractivity contribution in [3.63, 3.8) is 0 Å². The Morgan fingerprint density at radius 3 is 2.27 bits per heavy atom. The third kappa shape index (κ3) is 3.69. The van der Waals surface area contributed by atoms with Gasteiger partial charge < -0.3 is 19.1 Å². The van der Waals surface area contributed by atoms with E-state index < -0.39 is 7.60 Å². The summed E-state index contributed by atoms with van der Waals surface area (Å²) in [7, 11) is -1.77. The fourth-order valence-electron chi connectivity index (χ4n) is 5.55. The van der Waals surface area contributed by atoms with E-state index in [2.05, 4.69) is 41.7 Å². The van der Waals surface area contributed by atoms with Crippen LogP contribution in [0.15, 0.2) is 66.7 Å². The van der Waals surface area contributed by atoms with Gasteiger partial charge in [0, 0.05) is 11.5 Å². The second kappa shape index (κ2) is 8.98. The maximum absolute atomic E-state index is 13.9. The van der Waals surface area contributed by atoms with E-state index in [-0.39, 0.29) is 12.0 Å². The highest BCUT2D eigenvalue weighted by Crippen LogP contribution is 2.57. The lowest BCUT2D eigenvalue weighted by Crippen LogP contribution is -2.34. The summed E-state index contributed by atoms with van der Waals surface area (Å²) < 4.78 is 31.1. The Morgan fingerprint density at radius 2 is 1.55 bits per heavy atom. The van der Waals surface area contributed by atoms with Gasteiger partial charge in [-0.15, -0.1) is 0 Å². The number of ether oxygens (including phenoxy) is 1. The number of methoxy groups -OCH3 is 1. The summed E-state index contributed by atoms with van der Waals surface area (Å²) >= 11 is 0. The molecule has 0 fully saturated rings. The topological polar surface area (TPSA) is 56.8 Å². The zero-order valence-corrected chi connectivity index (χ0v) is 20.2. The minimum Gasteiger partial charge on any atom is -0.496 e. The Bertz CT molecular complexity index is 1200. The minimum absolute atomic E-state index is 0.0103. The number of rotatable bonds is 7. The van der Waals surface area contributed by atoms with Crippen molar-refractivity contribution < 1.29 is 18.3 Å². The zero-order valence-electron chi connectivity index (χ0n) is 19.3. The summed E-state index contributed by atoms with van der Waals surface area (Å²) in [5, 5.41) is 4.38. The van der Waals surface area contributed by atoms with Crippen LogP contribution in [0.5, 0.6) is 5.75 Å². The summed E-state index contributed by atoms with van der Waals surface area (Å²) in [6.45, 7) is 4.31. The molecule has 0 saturated carbocycles. The molecule has 33 heavy (non-hydrogen) atoms. The van der Waals surface area contributed by atoms with Crippen molar-refractivity contribution in [1.82, 2.24) is 0 Å². The first-order valence-corrected chi connectivity index (χ1v) is 13.1. The highest BCUT2D eigenvalue weighted by Gasteiger charge is 2.46. The highest BCUT2D eigenvalue weighted by molar-refractivity contribution is 7.62. The van der Waals surface area contributed by atoms with Gasteiger partial charge in [0.25, 0.3) is 0 Å². The molecule has 5 nitrogen and oxygen atoms in total. The van der Waals surface area contributed by atoms with E-state index >= 15 is 0 Å². The van der Waals surface area contributed by atoms with E-state index in [0.29, 0.717) is 24.4 Å². The van der Waals surface area contributed by atoms with E-state index in [1.807, 2.05) is 44.2 Å². The number of hydrogen-bond acceptors (Lipinski definition) is 5. The molecule has 0 unspecified atom stereocenters. The third-order valence-electron chi connectivity index (χ3n) is 6.78. The van der Waals surface area contributed by atoms with Gasteiger partial charge in [0.05, 0.1) is 37.4 Å². The second-order valence-corrected chi connectivity index (χ2v) is 10.5. The van der Waals surface area contributed by atoms with E-state index in [1.54, 1.807) is 7.11 Å². The summed E-state index contributed by atoms with van der Waals surface area (Å²) in [5.41, 5.74) is 5.81. The van der Waals surface area contributed by atoms with Crippen LogP contribution in [0, 0.1) is 5.92 Å². The second-order valence-electron chi connectivity index (χ2n) is 8.48. The molecule has 0 spiro atoms. The van der Waals surface area contributed by atoms with Crippen molar-refractivity contribution in [1.29, 1.82) is 0 Å². The zero-order chi connectivity index (χ0) is 23.0. The van der Waals surface area contributed by atoms with Gasteiger partial charge in [-0.3, -0.25) is 4.57 Å². The average molecular weight is 464 g/mol. The van der Waals surface area contributed by atoms with Crippen LogP contribution in [0.3, 0.4) is 0 Å². The quantitative estimate of drug-likeness (QED) is 0.432. The molecule has 3 aromatic carbocycles. The van der Waals surface area contributed by atoms with E-state index in [4.69, 9.17) is 13.8 Å². The molecule has 0 aromatic heterocycles. The van der Waals surface area contributed by atoms with Gasteiger partial charge in [0.15, 0.2) is 0 Å². The lowest BCUT2D eigenvalue weighted by atomic mass is 9.75. The van der Waals surface area contributed by atoms with Crippen LogP contribution in [0.25, 0.3) is 0 Å². The molecule has 1 heterocycles. The van der Waals surface area contributed by atoms with Crippen molar-refractivity contribution in [3.8, 4) is 5.75 Å². The fourth-order valence-corrected chi connectivity index (χ4v) is 7.32. The molecule has 6 heteroatoms. The lowest BCUT2D eigenvalue weighted by molar-refractivity contribution is 0.230. The smallest absolute Gasteiger partial charge is 0.363 e. The molecule has 3 atom stereocenters. The number of nitrogens with one attached hydrogen (secondary N) is 1. The van der Waals surface area contributed by atoms with Gasteiger partial charge in [-0.2, -0.15) is 0 Å². The predicted molar refractivity (Wildman–Crippen MR) is 132 cm³/mol. The van der Waals surface area contributed by atoms with Gasteiger partial charge in [-0.1, -0.05) is 54.6 Å². The molecule has 1 aliphatic carbocycles. The molecule has 172 valence electrons. The summed E-state index contributed by atoms with van der Waals surface area (Å²) in [5.74, 6) is 1.34. The molecule has 3 aromatic rings. The molecule has 5 rings (SSSR count). The average Bonchev–Trinajstić information content (AvgIpc) is 3.23. The standard InChI is InChI=1S/C27H30NO4P/c1-4-31-33(29,32-5-2)24-16-10-14-21-25-19-12-7-6-11-18(19)17-22(25)26(28-27(21)24)20-13-8-9-15-23(20)30-3/h6-16,22,25-26,28H,4-5,17H2,1-3H3/t22-,25-,26-/m1/s1. The maximum Gasteiger partial charge on any atom is 0.363 e. The number of hydrogen-bond donors (Lipinski definition) is 1. The first-order valence-electron chi connectivity index (χ1n) is 11.6. The monoisotopic (exact) mass is 463 g/mol. The summed E-state index contributed by atoms with van der Waals surface area (Å²) in [4.78, 5) is 0. The number of fused-ring (bicyclic) bond motifs is 5. The van der Waals surface area contributed by atoms with Crippen LogP contribution < -0.4 is 15.4 Å². The summed E-state index contributed by atoms with van der Waals surface area (Å²) in [6.07, 6.45) is 0.967. The molecule has 0 bridgehead atoms. The molecule has 0 amide bonds. The van der Waals surface area contributed by atoms with E-state index in [9.17, 15) is 4.57 Å². The van der Waals surface area contributed by atoms with Crippen LogP contribution in [0.2, 0.25) is 0 Å². The van der Waals surface area contributed by atoms with Crippen LogP contribution in [-0.2, 0) is 20.0 Å². The normalized spacial score (nSPS) is 21.0. The molecule has 2 aliphatic rings. The number of anilines is 1. The van der Waals surface area contributed by atoms with Crippen LogP contribution in [0.4, 0.5) is 5.69 Å².